The molecule has 0 saturated heterocycles. The first-order chi connectivity index (χ1) is 10.5. The minimum Gasteiger partial charge on any atom is -1.00 e. The zero-order chi connectivity index (χ0) is 16.1. The van der Waals surface area contributed by atoms with Crippen molar-refractivity contribution in [2.75, 3.05) is 0 Å². The molecule has 2 aromatic carbocycles. The first kappa shape index (κ1) is 24.9. The minimum absolute atomic E-state index is 0. The number of carbonyl (C=O) groups is 1. The van der Waals surface area contributed by atoms with Gasteiger partial charge in [0.1, 0.15) is 11.6 Å². The second-order valence-corrected chi connectivity index (χ2v) is 4.29. The second kappa shape index (κ2) is 12.3. The van der Waals surface area contributed by atoms with E-state index in [9.17, 15) is 23.6 Å². The molecule has 0 atom stereocenters. The summed E-state index contributed by atoms with van der Waals surface area (Å²) in [6.45, 7) is 0. The molecule has 2 aromatic rings. The van der Waals surface area contributed by atoms with Gasteiger partial charge in [-0.3, -0.25) is 0 Å². The van der Waals surface area contributed by atoms with Crippen molar-refractivity contribution in [1.29, 1.82) is 0 Å². The van der Waals surface area contributed by atoms with E-state index in [2.05, 4.69) is 9.31 Å². The van der Waals surface area contributed by atoms with E-state index in [4.69, 9.17) is 0 Å². The second-order valence-electron chi connectivity index (χ2n) is 4.29. The Hall–Kier alpha value is 0.893. The van der Waals surface area contributed by atoms with Gasteiger partial charge in [0, 0.05) is 0 Å². The number of carbonyl (C=O) groups excluding carboxylic acids is 1. The molecule has 116 valence electrons. The van der Waals surface area contributed by atoms with Gasteiger partial charge in [-0.05, 0) is 35.2 Å². The number of benzene rings is 2. The van der Waals surface area contributed by atoms with E-state index < -0.39 is 32.0 Å². The molecule has 0 radical (unpaired) electrons. The van der Waals surface area contributed by atoms with Crippen LogP contribution in [0.4, 0.5) is 13.6 Å². The van der Waals surface area contributed by atoms with Gasteiger partial charge in [0.15, 0.2) is 0 Å². The summed E-state index contributed by atoms with van der Waals surface area (Å²) in [5.41, 5.74) is 0.268. The van der Waals surface area contributed by atoms with Crippen LogP contribution in [-0.2, 0) is 9.31 Å². The minimum atomic E-state index is -1.67. The molecule has 2 rings (SSSR count). The maximum atomic E-state index is 12.7. The third-order valence-corrected chi connectivity index (χ3v) is 2.73. The average Bonchev–Trinajstić information content (AvgIpc) is 2.48. The number of halogens is 2. The van der Waals surface area contributed by atoms with Crippen molar-refractivity contribution in [3.63, 3.8) is 0 Å². The Labute approximate surface area is 226 Å². The predicted octanol–water partition coefficient (Wildman–Crippen LogP) is -5.57. The quantitative estimate of drug-likeness (QED) is 0.513. The van der Waals surface area contributed by atoms with Crippen LogP contribution >= 0.6 is 0 Å². The van der Waals surface area contributed by atoms with Gasteiger partial charge in [0.05, 0.1) is 0 Å². The summed E-state index contributed by atoms with van der Waals surface area (Å²) < 4.78 is 34.5. The molecule has 0 aliphatic carbocycles. The molecule has 0 bridgehead atoms. The van der Waals surface area contributed by atoms with Crippen LogP contribution in [0.3, 0.4) is 0 Å². The molecule has 24 heavy (non-hydrogen) atoms. The smallest absolute Gasteiger partial charge is 1.00 e. The standard InChI is InChI=1S/C13H10B2F2O5.2K.2H/c16-11-5-1-9(2-6-11)14(19)21-13(18)22-15(20)10-3-7-12(17)8-4-10;;;;/h1-8,19-20H;;;;/q;2*+1;2*-1. The van der Waals surface area contributed by atoms with Crippen LogP contribution in [0.15, 0.2) is 48.5 Å². The van der Waals surface area contributed by atoms with Crippen LogP contribution < -0.4 is 114 Å². The Morgan fingerprint density at radius 1 is 0.792 bits per heavy atom. The van der Waals surface area contributed by atoms with Gasteiger partial charge in [-0.15, -0.1) is 0 Å². The molecule has 2 N–H and O–H groups in total. The molecule has 0 fully saturated rings. The van der Waals surface area contributed by atoms with Crippen molar-refractivity contribution in [2.24, 2.45) is 0 Å². The van der Waals surface area contributed by atoms with Gasteiger partial charge < -0.3 is 22.2 Å². The summed E-state index contributed by atoms with van der Waals surface area (Å²) in [6, 6.07) is 9.24. The first-order valence-electron chi connectivity index (χ1n) is 6.20. The Kier molecular flexibility index (Phi) is 12.8. The summed E-state index contributed by atoms with van der Waals surface area (Å²) in [7, 11) is -3.35. The molecule has 0 aliphatic rings. The fourth-order valence-electron chi connectivity index (χ4n) is 1.60. The van der Waals surface area contributed by atoms with Crippen LogP contribution in [0, 0.1) is 11.6 Å². The van der Waals surface area contributed by atoms with Crippen LogP contribution in [0.2, 0.25) is 0 Å². The molecule has 0 heterocycles. The van der Waals surface area contributed by atoms with Gasteiger partial charge in [0.25, 0.3) is 0 Å². The Bertz CT molecular complexity index is 600. The van der Waals surface area contributed by atoms with Crippen molar-refractivity contribution < 1.29 is 139 Å². The van der Waals surface area contributed by atoms with E-state index in [1.165, 1.54) is 24.3 Å². The Balaban J connectivity index is -0.00000132. The molecule has 0 amide bonds. The summed E-state index contributed by atoms with van der Waals surface area (Å²) in [5.74, 6) is -1.02. The molecule has 5 nitrogen and oxygen atoms in total. The zero-order valence-electron chi connectivity index (χ0n) is 15.1. The number of hydrogen-bond acceptors (Lipinski definition) is 5. The van der Waals surface area contributed by atoms with Crippen molar-refractivity contribution in [1.82, 2.24) is 0 Å². The third-order valence-electron chi connectivity index (χ3n) is 2.73. The van der Waals surface area contributed by atoms with E-state index >= 15 is 0 Å². The van der Waals surface area contributed by atoms with Crippen molar-refractivity contribution >= 4 is 31.3 Å². The normalized spacial score (nSPS) is 9.17. The third kappa shape index (κ3) is 8.06. The maximum Gasteiger partial charge on any atom is 1.00 e. The van der Waals surface area contributed by atoms with Crippen LogP contribution in [-0.4, -0.2) is 30.4 Å². The Morgan fingerprint density at radius 2 is 1.08 bits per heavy atom. The number of rotatable bonds is 4. The average molecular weight is 386 g/mol. The summed E-state index contributed by atoms with van der Waals surface area (Å²) >= 11 is 0. The van der Waals surface area contributed by atoms with Crippen LogP contribution in [0.25, 0.3) is 0 Å². The predicted molar refractivity (Wildman–Crippen MR) is 77.8 cm³/mol. The van der Waals surface area contributed by atoms with Crippen LogP contribution in [0.5, 0.6) is 0 Å². The van der Waals surface area contributed by atoms with Gasteiger partial charge in [-0.1, -0.05) is 24.3 Å². The Morgan fingerprint density at radius 3 is 1.38 bits per heavy atom. The zero-order valence-corrected chi connectivity index (χ0v) is 19.4. The first-order valence-corrected chi connectivity index (χ1v) is 6.20. The van der Waals surface area contributed by atoms with Gasteiger partial charge >= 0.3 is 123 Å². The van der Waals surface area contributed by atoms with E-state index in [1.54, 1.807) is 0 Å². The maximum absolute atomic E-state index is 12.7. The molecule has 0 spiro atoms. The van der Waals surface area contributed by atoms with Crippen molar-refractivity contribution in [3.05, 3.63) is 60.2 Å². The molecular formula is C13H12B2F2K2O5. The van der Waals surface area contributed by atoms with E-state index in [0.29, 0.717) is 0 Å². The molecular weight excluding hydrogens is 374 g/mol. The van der Waals surface area contributed by atoms with Gasteiger partial charge in [-0.2, -0.15) is 0 Å². The molecule has 0 aromatic heterocycles. The van der Waals surface area contributed by atoms with Gasteiger partial charge in [0.2, 0.25) is 0 Å². The summed E-state index contributed by atoms with van der Waals surface area (Å²) in [6.07, 6.45) is -1.34. The van der Waals surface area contributed by atoms with E-state index in [-0.39, 0.29) is 117 Å². The van der Waals surface area contributed by atoms with E-state index in [1.807, 2.05) is 0 Å². The monoisotopic (exact) mass is 386 g/mol. The molecule has 0 aliphatic heterocycles. The topological polar surface area (TPSA) is 76.0 Å². The van der Waals surface area contributed by atoms with Crippen LogP contribution in [0.1, 0.15) is 2.85 Å². The number of hydrogen-bond donors (Lipinski definition) is 2. The largest absolute Gasteiger partial charge is 1.00 e. The molecule has 0 unspecified atom stereocenters. The van der Waals surface area contributed by atoms with E-state index in [0.717, 1.165) is 24.3 Å². The van der Waals surface area contributed by atoms with Crippen molar-refractivity contribution in [3.8, 4) is 0 Å². The van der Waals surface area contributed by atoms with Gasteiger partial charge in [-0.25, -0.2) is 13.6 Å². The summed E-state index contributed by atoms with van der Waals surface area (Å²) in [4.78, 5) is 11.4. The fraction of sp³-hybridized carbons (Fsp3) is 0. The fourth-order valence-corrected chi connectivity index (χ4v) is 1.60. The molecule has 11 heteroatoms. The SMILES string of the molecule is O=C(OB(O)c1ccc(F)cc1)OB(O)c1ccc(F)cc1.[H-].[H-].[K+].[K+]. The molecule has 0 saturated carbocycles. The van der Waals surface area contributed by atoms with Crippen molar-refractivity contribution in [2.45, 2.75) is 0 Å². The summed E-state index contributed by atoms with van der Waals surface area (Å²) in [5, 5.41) is 19.2.